The van der Waals surface area contributed by atoms with Crippen LogP contribution in [-0.2, 0) is 10.3 Å². The zero-order chi connectivity index (χ0) is 10.3. The second-order valence-corrected chi connectivity index (χ2v) is 4.31. The van der Waals surface area contributed by atoms with Crippen LogP contribution in [0.4, 0.5) is 5.69 Å². The van der Waals surface area contributed by atoms with Crippen molar-refractivity contribution in [3.8, 4) is 6.07 Å². The first-order valence-corrected chi connectivity index (χ1v) is 4.97. The second-order valence-electron chi connectivity index (χ2n) is 3.06. The molecule has 0 saturated carbocycles. The molecule has 2 rings (SSSR count). The third-order valence-corrected chi connectivity index (χ3v) is 2.86. The monoisotopic (exact) mass is 299 g/mol. The van der Waals surface area contributed by atoms with Gasteiger partial charge in [0.15, 0.2) is 0 Å². The number of nitrogens with zero attached hydrogens (tertiary/aromatic N) is 1. The summed E-state index contributed by atoms with van der Waals surface area (Å²) in [4.78, 5) is 11.4. The molecule has 0 aromatic heterocycles. The summed E-state index contributed by atoms with van der Waals surface area (Å²) in [6.07, 6.45) is 0. The van der Waals surface area contributed by atoms with Crippen molar-refractivity contribution in [1.29, 1.82) is 5.26 Å². The van der Waals surface area contributed by atoms with Gasteiger partial charge in [-0.05, 0) is 40.8 Å². The van der Waals surface area contributed by atoms with Crippen LogP contribution < -0.4 is 11.1 Å². The Morgan fingerprint density at radius 1 is 1.57 bits per heavy atom. The average molecular weight is 299 g/mol. The number of halogens is 1. The van der Waals surface area contributed by atoms with Crippen LogP contribution in [0.15, 0.2) is 18.2 Å². The number of fused-ring (bicyclic) bond motifs is 1. The molecule has 1 heterocycles. The van der Waals surface area contributed by atoms with Crippen LogP contribution in [0.25, 0.3) is 0 Å². The van der Waals surface area contributed by atoms with Crippen molar-refractivity contribution in [3.05, 3.63) is 27.3 Å². The van der Waals surface area contributed by atoms with E-state index in [1.54, 1.807) is 12.1 Å². The van der Waals surface area contributed by atoms with Gasteiger partial charge in [-0.25, -0.2) is 0 Å². The van der Waals surface area contributed by atoms with E-state index in [9.17, 15) is 4.79 Å². The Labute approximate surface area is 94.2 Å². The van der Waals surface area contributed by atoms with Crippen LogP contribution in [0.3, 0.4) is 0 Å². The number of benzene rings is 1. The van der Waals surface area contributed by atoms with E-state index in [1.165, 1.54) is 0 Å². The zero-order valence-corrected chi connectivity index (χ0v) is 9.20. The normalized spacial score (nSPS) is 23.9. The van der Waals surface area contributed by atoms with Gasteiger partial charge < -0.3 is 11.1 Å². The molecule has 1 aliphatic heterocycles. The molecular weight excluding hydrogens is 293 g/mol. The molecule has 0 spiro atoms. The molecule has 1 atom stereocenters. The van der Waals surface area contributed by atoms with E-state index in [0.29, 0.717) is 11.3 Å². The number of hydrogen-bond acceptors (Lipinski definition) is 3. The van der Waals surface area contributed by atoms with E-state index < -0.39 is 11.4 Å². The number of hydrogen-bond donors (Lipinski definition) is 2. The summed E-state index contributed by atoms with van der Waals surface area (Å²) < 4.78 is 0.947. The lowest BCUT2D eigenvalue weighted by molar-refractivity contribution is -0.118. The lowest BCUT2D eigenvalue weighted by Gasteiger charge is -2.11. The summed E-state index contributed by atoms with van der Waals surface area (Å²) in [5.41, 5.74) is 5.35. The van der Waals surface area contributed by atoms with Gasteiger partial charge in [0.05, 0.1) is 6.07 Å². The lowest BCUT2D eigenvalue weighted by Crippen LogP contribution is -2.41. The number of carbonyl (C=O) groups is 1. The maximum absolute atomic E-state index is 11.4. The van der Waals surface area contributed by atoms with E-state index in [1.807, 2.05) is 12.1 Å². The molecule has 0 saturated heterocycles. The topological polar surface area (TPSA) is 78.9 Å². The molecule has 3 N–H and O–H groups in total. The molecule has 5 heteroatoms. The third kappa shape index (κ3) is 1.11. The number of anilines is 1. The van der Waals surface area contributed by atoms with Gasteiger partial charge in [0.25, 0.3) is 5.91 Å². The molecule has 1 aliphatic rings. The fourth-order valence-corrected chi connectivity index (χ4v) is 1.90. The van der Waals surface area contributed by atoms with Crippen molar-refractivity contribution in [2.45, 2.75) is 5.54 Å². The Morgan fingerprint density at radius 2 is 2.29 bits per heavy atom. The van der Waals surface area contributed by atoms with Gasteiger partial charge in [0.1, 0.15) is 0 Å². The number of amides is 1. The van der Waals surface area contributed by atoms with Gasteiger partial charge in [-0.3, -0.25) is 4.79 Å². The van der Waals surface area contributed by atoms with Crippen molar-refractivity contribution in [2.24, 2.45) is 5.73 Å². The minimum atomic E-state index is -1.53. The van der Waals surface area contributed by atoms with Gasteiger partial charge in [-0.15, -0.1) is 0 Å². The van der Waals surface area contributed by atoms with Gasteiger partial charge in [-0.2, -0.15) is 5.26 Å². The first-order valence-electron chi connectivity index (χ1n) is 3.89. The van der Waals surface area contributed by atoms with E-state index >= 15 is 0 Å². The van der Waals surface area contributed by atoms with E-state index in [2.05, 4.69) is 27.9 Å². The van der Waals surface area contributed by atoms with Crippen LogP contribution in [0.5, 0.6) is 0 Å². The van der Waals surface area contributed by atoms with Gasteiger partial charge >= 0.3 is 0 Å². The molecule has 1 amide bonds. The first-order chi connectivity index (χ1) is 6.58. The maximum atomic E-state index is 11.4. The Morgan fingerprint density at radius 3 is 2.93 bits per heavy atom. The smallest absolute Gasteiger partial charge is 0.264 e. The van der Waals surface area contributed by atoms with Crippen LogP contribution in [0.2, 0.25) is 0 Å². The van der Waals surface area contributed by atoms with E-state index in [-0.39, 0.29) is 0 Å². The number of rotatable bonds is 0. The highest BCUT2D eigenvalue weighted by Crippen LogP contribution is 2.34. The Balaban J connectivity index is 2.69. The summed E-state index contributed by atoms with van der Waals surface area (Å²) in [6, 6.07) is 7.18. The predicted molar refractivity (Wildman–Crippen MR) is 59.3 cm³/mol. The Kier molecular flexibility index (Phi) is 1.97. The molecule has 70 valence electrons. The highest BCUT2D eigenvalue weighted by Gasteiger charge is 2.44. The van der Waals surface area contributed by atoms with E-state index in [4.69, 9.17) is 11.0 Å². The zero-order valence-electron chi connectivity index (χ0n) is 7.04. The largest absolute Gasteiger partial charge is 0.323 e. The number of nitrogens with one attached hydrogen (secondary N) is 1. The SMILES string of the molecule is N#C[C@]1(N)C(=O)Nc2ccc(I)cc21. The summed E-state index contributed by atoms with van der Waals surface area (Å²) in [5.74, 6) is -0.461. The highest BCUT2D eigenvalue weighted by molar-refractivity contribution is 14.1. The molecule has 4 nitrogen and oxygen atoms in total. The maximum Gasteiger partial charge on any atom is 0.264 e. The molecule has 1 aromatic carbocycles. The predicted octanol–water partition coefficient (Wildman–Crippen LogP) is 0.921. The quantitative estimate of drug-likeness (QED) is 0.699. The van der Waals surface area contributed by atoms with Crippen molar-refractivity contribution < 1.29 is 4.79 Å². The standard InChI is InChI=1S/C9H6IN3O/c10-5-1-2-7-6(3-5)9(12,4-11)8(14)13-7/h1-3H,12H2,(H,13,14)/t9-/m1/s1. The third-order valence-electron chi connectivity index (χ3n) is 2.19. The van der Waals surface area contributed by atoms with Crippen LogP contribution >= 0.6 is 22.6 Å². The lowest BCUT2D eigenvalue weighted by atomic mass is 9.94. The van der Waals surface area contributed by atoms with Crippen molar-refractivity contribution in [1.82, 2.24) is 0 Å². The first kappa shape index (κ1) is 9.43. The molecule has 0 unspecified atom stereocenters. The van der Waals surface area contributed by atoms with Gasteiger partial charge in [-0.1, -0.05) is 0 Å². The van der Waals surface area contributed by atoms with Crippen molar-refractivity contribution in [3.63, 3.8) is 0 Å². The molecule has 1 aromatic rings. The minimum absolute atomic E-state index is 0.461. The highest BCUT2D eigenvalue weighted by atomic mass is 127. The second kappa shape index (κ2) is 2.93. The van der Waals surface area contributed by atoms with Crippen LogP contribution in [0.1, 0.15) is 5.56 Å². The van der Waals surface area contributed by atoms with Crippen LogP contribution in [0, 0.1) is 14.9 Å². The fraction of sp³-hybridized carbons (Fsp3) is 0.111. The summed E-state index contributed by atoms with van der Waals surface area (Å²) in [6.45, 7) is 0. The molecule has 0 radical (unpaired) electrons. The number of carbonyl (C=O) groups excluding carboxylic acids is 1. The van der Waals surface area contributed by atoms with Crippen LogP contribution in [-0.4, -0.2) is 5.91 Å². The minimum Gasteiger partial charge on any atom is -0.323 e. The molecule has 0 fully saturated rings. The van der Waals surface area contributed by atoms with Gasteiger partial charge in [0, 0.05) is 14.8 Å². The summed E-state index contributed by atoms with van der Waals surface area (Å²) in [5, 5.41) is 11.5. The van der Waals surface area contributed by atoms with Crippen molar-refractivity contribution >= 4 is 34.2 Å². The molecule has 0 aliphatic carbocycles. The Bertz CT molecular complexity index is 466. The summed E-state index contributed by atoms with van der Waals surface area (Å²) >= 11 is 2.11. The summed E-state index contributed by atoms with van der Waals surface area (Å²) in [7, 11) is 0. The number of nitrogens with two attached hydrogens (primary N) is 1. The molecular formula is C9H6IN3O. The average Bonchev–Trinajstić information content (AvgIpc) is 2.41. The fourth-order valence-electron chi connectivity index (χ4n) is 1.41. The number of nitriles is 1. The molecule has 14 heavy (non-hydrogen) atoms. The van der Waals surface area contributed by atoms with E-state index in [0.717, 1.165) is 3.57 Å². The Hall–Kier alpha value is -1.13. The van der Waals surface area contributed by atoms with Crippen molar-refractivity contribution in [2.75, 3.05) is 5.32 Å². The molecule has 0 bridgehead atoms. The van der Waals surface area contributed by atoms with Gasteiger partial charge in [0.2, 0.25) is 5.54 Å².